The van der Waals surface area contributed by atoms with Crippen LogP contribution in [0.25, 0.3) is 0 Å². The molecule has 0 saturated carbocycles. The van der Waals surface area contributed by atoms with Crippen LogP contribution in [0.4, 0.5) is 0 Å². The minimum atomic E-state index is 0. The minimum Gasteiger partial charge on any atom is -0.496 e. The first-order valence-electron chi connectivity index (χ1n) is 8.41. The molecule has 1 amide bonds. The highest BCUT2D eigenvalue weighted by atomic mass is 35.5. The third-order valence-corrected chi connectivity index (χ3v) is 5.23. The molecule has 134 valence electrons. The molecule has 0 spiro atoms. The number of amides is 1. The van der Waals surface area contributed by atoms with Crippen LogP contribution in [0.3, 0.4) is 0 Å². The Morgan fingerprint density at radius 3 is 2.17 bits per heavy atom. The van der Waals surface area contributed by atoms with Crippen molar-refractivity contribution >= 4 is 18.3 Å². The average Bonchev–Trinajstić information content (AvgIpc) is 2.93. The summed E-state index contributed by atoms with van der Waals surface area (Å²) in [7, 11) is 3.26. The molecule has 2 aliphatic rings. The molecule has 0 radical (unpaired) electrons. The Balaban J connectivity index is 0.00000208. The molecule has 1 N–H and O–H groups in total. The number of nitrogens with zero attached hydrogens (tertiary/aromatic N) is 1. The van der Waals surface area contributed by atoms with Crippen LogP contribution in [0, 0.1) is 11.8 Å². The summed E-state index contributed by atoms with van der Waals surface area (Å²) in [5.74, 6) is 3.06. The molecule has 0 aromatic heterocycles. The van der Waals surface area contributed by atoms with Crippen molar-refractivity contribution in [2.75, 3.05) is 40.4 Å². The third-order valence-electron chi connectivity index (χ3n) is 5.23. The van der Waals surface area contributed by atoms with Gasteiger partial charge in [-0.3, -0.25) is 4.79 Å². The number of benzene rings is 1. The normalized spacial score (nSPS) is 23.0. The van der Waals surface area contributed by atoms with E-state index >= 15 is 0 Å². The fourth-order valence-electron chi connectivity index (χ4n) is 3.83. The van der Waals surface area contributed by atoms with E-state index in [-0.39, 0.29) is 18.3 Å². The van der Waals surface area contributed by atoms with Gasteiger partial charge in [0.05, 0.1) is 20.6 Å². The standard InChI is InChI=1S/C18H26N2O3.ClH/c1-22-16-4-3-5-17(23-2)15(16)10-18(21)20-8-6-13-11-19-12-14(13)7-9-20;/h3-5,13-14,19H,6-12H2,1-2H3;1H/t13-,14+;. The molecule has 24 heavy (non-hydrogen) atoms. The van der Waals surface area contributed by atoms with Crippen molar-refractivity contribution in [3.05, 3.63) is 23.8 Å². The van der Waals surface area contributed by atoms with Crippen LogP contribution >= 0.6 is 12.4 Å². The zero-order valence-electron chi connectivity index (χ0n) is 14.4. The van der Waals surface area contributed by atoms with Crippen molar-refractivity contribution in [3.63, 3.8) is 0 Å². The molecule has 5 nitrogen and oxygen atoms in total. The molecule has 0 aliphatic carbocycles. The molecule has 1 aromatic carbocycles. The van der Waals surface area contributed by atoms with Crippen LogP contribution in [-0.4, -0.2) is 51.2 Å². The lowest BCUT2D eigenvalue weighted by molar-refractivity contribution is -0.130. The van der Waals surface area contributed by atoms with Crippen LogP contribution in [-0.2, 0) is 11.2 Å². The Hall–Kier alpha value is -1.46. The van der Waals surface area contributed by atoms with Crippen LogP contribution in [0.1, 0.15) is 18.4 Å². The molecule has 6 heteroatoms. The summed E-state index contributed by atoms with van der Waals surface area (Å²) in [6.45, 7) is 3.93. The van der Waals surface area contributed by atoms with Gasteiger partial charge in [0, 0.05) is 18.7 Å². The number of halogens is 1. The predicted octanol–water partition coefficient (Wildman–Crippen LogP) is 2.13. The van der Waals surface area contributed by atoms with E-state index in [1.165, 1.54) is 0 Å². The Morgan fingerprint density at radius 2 is 1.67 bits per heavy atom. The molecule has 2 heterocycles. The molecule has 2 aliphatic heterocycles. The van der Waals surface area contributed by atoms with E-state index in [0.29, 0.717) is 17.9 Å². The highest BCUT2D eigenvalue weighted by Crippen LogP contribution is 2.31. The van der Waals surface area contributed by atoms with Gasteiger partial charge in [0.2, 0.25) is 5.91 Å². The average molecular weight is 355 g/mol. The van der Waals surface area contributed by atoms with Gasteiger partial charge in [-0.05, 0) is 49.9 Å². The van der Waals surface area contributed by atoms with Crippen LogP contribution in [0.15, 0.2) is 18.2 Å². The Bertz CT molecular complexity index is 531. The minimum absolute atomic E-state index is 0. The Kier molecular flexibility index (Phi) is 6.75. The molecule has 0 bridgehead atoms. The predicted molar refractivity (Wildman–Crippen MR) is 96.2 cm³/mol. The van der Waals surface area contributed by atoms with E-state index in [1.54, 1.807) is 14.2 Å². The summed E-state index contributed by atoms with van der Waals surface area (Å²) in [5, 5.41) is 3.47. The number of fused-ring (bicyclic) bond motifs is 1. The number of hydrogen-bond acceptors (Lipinski definition) is 4. The topological polar surface area (TPSA) is 50.8 Å². The summed E-state index contributed by atoms with van der Waals surface area (Å²) < 4.78 is 10.8. The highest BCUT2D eigenvalue weighted by Gasteiger charge is 2.31. The van der Waals surface area contributed by atoms with Gasteiger partial charge in [0.15, 0.2) is 0 Å². The maximum atomic E-state index is 12.8. The van der Waals surface area contributed by atoms with Gasteiger partial charge in [-0.25, -0.2) is 0 Å². The largest absolute Gasteiger partial charge is 0.496 e. The number of ether oxygens (including phenoxy) is 2. The van der Waals surface area contributed by atoms with Crippen molar-refractivity contribution < 1.29 is 14.3 Å². The molecule has 2 atom stereocenters. The van der Waals surface area contributed by atoms with E-state index in [4.69, 9.17) is 9.47 Å². The van der Waals surface area contributed by atoms with Gasteiger partial charge in [-0.15, -0.1) is 12.4 Å². The molecular formula is C18H27ClN2O3. The van der Waals surface area contributed by atoms with E-state index in [0.717, 1.165) is 56.4 Å². The SMILES string of the molecule is COc1cccc(OC)c1CC(=O)N1CC[C@@H]2CNC[C@@H]2CC1.Cl. The monoisotopic (exact) mass is 354 g/mol. The summed E-state index contributed by atoms with van der Waals surface area (Å²) >= 11 is 0. The maximum absolute atomic E-state index is 12.8. The quantitative estimate of drug-likeness (QED) is 0.900. The number of likely N-dealkylation sites (tertiary alicyclic amines) is 1. The fourth-order valence-corrected chi connectivity index (χ4v) is 3.83. The molecule has 2 fully saturated rings. The lowest BCUT2D eigenvalue weighted by Gasteiger charge is -2.22. The van der Waals surface area contributed by atoms with E-state index in [9.17, 15) is 4.79 Å². The first-order chi connectivity index (χ1) is 11.2. The summed E-state index contributed by atoms with van der Waals surface area (Å²) in [6.07, 6.45) is 2.54. The molecule has 1 aromatic rings. The van der Waals surface area contributed by atoms with Gasteiger partial charge < -0.3 is 19.7 Å². The van der Waals surface area contributed by atoms with Crippen LogP contribution in [0.5, 0.6) is 11.5 Å². The number of hydrogen-bond donors (Lipinski definition) is 1. The second-order valence-electron chi connectivity index (χ2n) is 6.45. The van der Waals surface area contributed by atoms with Crippen LogP contribution < -0.4 is 14.8 Å². The molecular weight excluding hydrogens is 328 g/mol. The van der Waals surface area contributed by atoms with Gasteiger partial charge in [0.1, 0.15) is 11.5 Å². The first-order valence-corrected chi connectivity index (χ1v) is 8.41. The Morgan fingerprint density at radius 1 is 1.12 bits per heavy atom. The number of methoxy groups -OCH3 is 2. The lowest BCUT2D eigenvalue weighted by Crippen LogP contribution is -2.34. The van der Waals surface area contributed by atoms with Crippen molar-refractivity contribution in [3.8, 4) is 11.5 Å². The van der Waals surface area contributed by atoms with Gasteiger partial charge >= 0.3 is 0 Å². The van der Waals surface area contributed by atoms with E-state index in [1.807, 2.05) is 23.1 Å². The third kappa shape index (κ3) is 3.95. The second-order valence-corrected chi connectivity index (χ2v) is 6.45. The molecule has 3 rings (SSSR count). The van der Waals surface area contributed by atoms with Crippen molar-refractivity contribution in [1.29, 1.82) is 0 Å². The number of nitrogens with one attached hydrogen (secondary N) is 1. The van der Waals surface area contributed by atoms with Crippen LogP contribution in [0.2, 0.25) is 0 Å². The van der Waals surface area contributed by atoms with Crippen molar-refractivity contribution in [1.82, 2.24) is 10.2 Å². The summed E-state index contributed by atoms with van der Waals surface area (Å²) in [5.41, 5.74) is 0.841. The number of carbonyl (C=O) groups excluding carboxylic acids is 1. The van der Waals surface area contributed by atoms with Gasteiger partial charge in [0.25, 0.3) is 0 Å². The number of rotatable bonds is 4. The summed E-state index contributed by atoms with van der Waals surface area (Å²) in [6, 6.07) is 5.64. The van der Waals surface area contributed by atoms with Gasteiger partial charge in [-0.1, -0.05) is 6.07 Å². The maximum Gasteiger partial charge on any atom is 0.227 e. The fraction of sp³-hybridized carbons (Fsp3) is 0.611. The van der Waals surface area contributed by atoms with E-state index < -0.39 is 0 Å². The van der Waals surface area contributed by atoms with E-state index in [2.05, 4.69) is 5.32 Å². The first kappa shape index (κ1) is 18.9. The second kappa shape index (κ2) is 8.58. The molecule has 2 saturated heterocycles. The number of carbonyl (C=O) groups is 1. The summed E-state index contributed by atoms with van der Waals surface area (Å²) in [4.78, 5) is 14.8. The van der Waals surface area contributed by atoms with Crippen molar-refractivity contribution in [2.24, 2.45) is 11.8 Å². The molecule has 0 unspecified atom stereocenters. The smallest absolute Gasteiger partial charge is 0.227 e. The van der Waals surface area contributed by atoms with Crippen molar-refractivity contribution in [2.45, 2.75) is 19.3 Å². The zero-order chi connectivity index (χ0) is 16.2. The lowest BCUT2D eigenvalue weighted by atomic mass is 9.92. The Labute approximate surface area is 150 Å². The highest BCUT2D eigenvalue weighted by molar-refractivity contribution is 5.85. The zero-order valence-corrected chi connectivity index (χ0v) is 15.2. The van der Waals surface area contributed by atoms with Gasteiger partial charge in [-0.2, -0.15) is 0 Å².